The Morgan fingerprint density at radius 1 is 0.935 bits per heavy atom. The SMILES string of the molecule is N#C/C=C/CCC1CCC(OCC2CCC(c3ccc(OC(F)(F)F)cc3)CC2)CC1. The number of ether oxygens (including phenoxy) is 2. The van der Waals surface area contributed by atoms with Crippen LogP contribution < -0.4 is 4.74 Å². The van der Waals surface area contributed by atoms with Gasteiger partial charge in [-0.2, -0.15) is 5.26 Å². The van der Waals surface area contributed by atoms with Crippen molar-refractivity contribution >= 4 is 0 Å². The normalized spacial score (nSPS) is 27.2. The van der Waals surface area contributed by atoms with Crippen LogP contribution in [0.3, 0.4) is 0 Å². The van der Waals surface area contributed by atoms with Crippen molar-refractivity contribution in [2.75, 3.05) is 6.61 Å². The number of benzene rings is 1. The molecule has 170 valence electrons. The van der Waals surface area contributed by atoms with Crippen molar-refractivity contribution in [3.63, 3.8) is 0 Å². The maximum absolute atomic E-state index is 12.3. The molecule has 2 aliphatic rings. The van der Waals surface area contributed by atoms with Crippen LogP contribution in [-0.2, 0) is 4.74 Å². The van der Waals surface area contributed by atoms with Crippen LogP contribution in [-0.4, -0.2) is 19.1 Å². The maximum atomic E-state index is 12.3. The van der Waals surface area contributed by atoms with Crippen LogP contribution in [0.2, 0.25) is 0 Å². The lowest BCUT2D eigenvalue weighted by Gasteiger charge is -2.32. The van der Waals surface area contributed by atoms with Gasteiger partial charge >= 0.3 is 6.36 Å². The van der Waals surface area contributed by atoms with Gasteiger partial charge in [-0.1, -0.05) is 18.2 Å². The van der Waals surface area contributed by atoms with E-state index in [0.29, 0.717) is 17.9 Å². The van der Waals surface area contributed by atoms with Gasteiger partial charge in [0.1, 0.15) is 5.75 Å². The summed E-state index contributed by atoms with van der Waals surface area (Å²) < 4.78 is 47.1. The van der Waals surface area contributed by atoms with Gasteiger partial charge in [0.25, 0.3) is 0 Å². The lowest BCUT2D eigenvalue weighted by molar-refractivity contribution is -0.274. The zero-order chi connectivity index (χ0) is 22.1. The van der Waals surface area contributed by atoms with Crippen molar-refractivity contribution < 1.29 is 22.6 Å². The Labute approximate surface area is 183 Å². The first-order chi connectivity index (χ1) is 14.9. The van der Waals surface area contributed by atoms with Crippen LogP contribution in [0.4, 0.5) is 13.2 Å². The highest BCUT2D eigenvalue weighted by atomic mass is 19.4. The van der Waals surface area contributed by atoms with Gasteiger partial charge in [-0.25, -0.2) is 0 Å². The molecule has 0 amide bonds. The van der Waals surface area contributed by atoms with E-state index in [-0.39, 0.29) is 5.75 Å². The quantitative estimate of drug-likeness (QED) is 0.403. The van der Waals surface area contributed by atoms with Gasteiger partial charge in [-0.15, -0.1) is 13.2 Å². The van der Waals surface area contributed by atoms with Crippen LogP contribution in [0.5, 0.6) is 5.75 Å². The van der Waals surface area contributed by atoms with Gasteiger partial charge in [-0.3, -0.25) is 0 Å². The zero-order valence-electron chi connectivity index (χ0n) is 17.9. The first kappa shape index (κ1) is 23.7. The highest BCUT2D eigenvalue weighted by Crippen LogP contribution is 2.37. The minimum absolute atomic E-state index is 0.160. The smallest absolute Gasteiger partial charge is 0.406 e. The lowest BCUT2D eigenvalue weighted by Crippen LogP contribution is -2.25. The minimum atomic E-state index is -4.64. The molecule has 0 aliphatic heterocycles. The van der Waals surface area contributed by atoms with Gasteiger partial charge in [0, 0.05) is 12.7 Å². The van der Waals surface area contributed by atoms with E-state index in [9.17, 15) is 13.2 Å². The molecule has 0 saturated heterocycles. The van der Waals surface area contributed by atoms with Crippen LogP contribution in [0.25, 0.3) is 0 Å². The number of hydrogen-bond donors (Lipinski definition) is 0. The zero-order valence-corrected chi connectivity index (χ0v) is 17.9. The van der Waals surface area contributed by atoms with E-state index in [1.165, 1.54) is 25.0 Å². The molecule has 0 bridgehead atoms. The second-order valence-corrected chi connectivity index (χ2v) is 8.92. The van der Waals surface area contributed by atoms with Crippen molar-refractivity contribution in [1.29, 1.82) is 5.26 Å². The second kappa shape index (κ2) is 11.6. The Hall–Kier alpha value is -2.00. The molecular formula is C25H32F3NO2. The van der Waals surface area contributed by atoms with Gasteiger partial charge in [0.2, 0.25) is 0 Å². The number of allylic oxidation sites excluding steroid dienone is 2. The fraction of sp³-hybridized carbons (Fsp3) is 0.640. The monoisotopic (exact) mass is 435 g/mol. The van der Waals surface area contributed by atoms with Crippen molar-refractivity contribution in [2.24, 2.45) is 11.8 Å². The summed E-state index contributed by atoms with van der Waals surface area (Å²) in [4.78, 5) is 0. The summed E-state index contributed by atoms with van der Waals surface area (Å²) in [6.45, 7) is 0.825. The average Bonchev–Trinajstić information content (AvgIpc) is 2.76. The lowest BCUT2D eigenvalue weighted by atomic mass is 9.79. The Kier molecular flexibility index (Phi) is 8.83. The summed E-state index contributed by atoms with van der Waals surface area (Å²) in [5.41, 5.74) is 1.09. The summed E-state index contributed by atoms with van der Waals surface area (Å²) in [6, 6.07) is 8.38. The van der Waals surface area contributed by atoms with Crippen LogP contribution in [0.15, 0.2) is 36.4 Å². The van der Waals surface area contributed by atoms with Crippen molar-refractivity contribution in [2.45, 2.75) is 82.6 Å². The Bertz CT molecular complexity index is 723. The standard InChI is InChI=1S/C25H32F3NO2/c26-25(27,28)31-24-15-11-22(12-16-24)21-9-5-20(6-10-21)18-30-23-13-7-19(8-14-23)4-2-1-3-17-29/h1,3,11-12,15-16,19-21,23H,2,4-10,13-14,18H2/b3-1+. The largest absolute Gasteiger partial charge is 0.573 e. The maximum Gasteiger partial charge on any atom is 0.573 e. The van der Waals surface area contributed by atoms with Crippen molar-refractivity contribution in [3.8, 4) is 11.8 Å². The molecule has 6 heteroatoms. The molecule has 0 N–H and O–H groups in total. The predicted octanol–water partition coefficient (Wildman–Crippen LogP) is 7.29. The van der Waals surface area contributed by atoms with Crippen molar-refractivity contribution in [1.82, 2.24) is 0 Å². The molecular weight excluding hydrogens is 403 g/mol. The first-order valence-corrected chi connectivity index (χ1v) is 11.4. The summed E-state index contributed by atoms with van der Waals surface area (Å²) in [7, 11) is 0. The average molecular weight is 436 g/mol. The summed E-state index contributed by atoms with van der Waals surface area (Å²) in [6.07, 6.45) is 10.4. The number of nitriles is 1. The molecule has 2 aliphatic carbocycles. The molecule has 0 aromatic heterocycles. The Morgan fingerprint density at radius 2 is 1.58 bits per heavy atom. The van der Waals surface area contributed by atoms with E-state index in [1.807, 2.05) is 12.1 Å². The number of alkyl halides is 3. The number of halogens is 3. The third-order valence-electron chi connectivity index (χ3n) is 6.73. The van der Waals surface area contributed by atoms with E-state index in [1.54, 1.807) is 18.2 Å². The highest BCUT2D eigenvalue weighted by Gasteiger charge is 2.31. The fourth-order valence-corrected chi connectivity index (χ4v) is 4.93. The molecule has 1 aromatic rings. The molecule has 2 fully saturated rings. The predicted molar refractivity (Wildman–Crippen MR) is 114 cm³/mol. The summed E-state index contributed by atoms with van der Waals surface area (Å²) in [5, 5.41) is 8.53. The molecule has 3 rings (SSSR count). The minimum Gasteiger partial charge on any atom is -0.406 e. The molecule has 0 unspecified atom stereocenters. The van der Waals surface area contributed by atoms with E-state index in [0.717, 1.165) is 69.5 Å². The van der Waals surface area contributed by atoms with E-state index < -0.39 is 6.36 Å². The number of hydrogen-bond acceptors (Lipinski definition) is 3. The van der Waals surface area contributed by atoms with Crippen molar-refractivity contribution in [3.05, 3.63) is 42.0 Å². The Balaban J connectivity index is 1.32. The molecule has 0 radical (unpaired) electrons. The number of rotatable bonds is 8. The molecule has 2 saturated carbocycles. The topological polar surface area (TPSA) is 42.2 Å². The summed E-state index contributed by atoms with van der Waals surface area (Å²) in [5.74, 6) is 1.58. The number of nitrogens with zero attached hydrogens (tertiary/aromatic N) is 1. The third-order valence-corrected chi connectivity index (χ3v) is 6.73. The first-order valence-electron chi connectivity index (χ1n) is 11.4. The van der Waals surface area contributed by atoms with E-state index >= 15 is 0 Å². The van der Waals surface area contributed by atoms with Crippen LogP contribution in [0, 0.1) is 23.2 Å². The van der Waals surface area contributed by atoms with E-state index in [2.05, 4.69) is 4.74 Å². The molecule has 3 nitrogen and oxygen atoms in total. The second-order valence-electron chi connectivity index (χ2n) is 8.92. The van der Waals surface area contributed by atoms with Crippen LogP contribution >= 0.6 is 0 Å². The third kappa shape index (κ3) is 8.22. The fourth-order valence-electron chi connectivity index (χ4n) is 4.93. The van der Waals surface area contributed by atoms with Gasteiger partial charge in [0.15, 0.2) is 0 Å². The van der Waals surface area contributed by atoms with Crippen LogP contribution in [0.1, 0.15) is 75.7 Å². The van der Waals surface area contributed by atoms with Gasteiger partial charge in [0.05, 0.1) is 12.2 Å². The molecule has 1 aromatic carbocycles. The van der Waals surface area contributed by atoms with Gasteiger partial charge < -0.3 is 9.47 Å². The molecule has 0 heterocycles. The molecule has 0 spiro atoms. The molecule has 0 atom stereocenters. The Morgan fingerprint density at radius 3 is 2.19 bits per heavy atom. The highest BCUT2D eigenvalue weighted by molar-refractivity contribution is 5.29. The van der Waals surface area contributed by atoms with Gasteiger partial charge in [-0.05, 0) is 99.7 Å². The summed E-state index contributed by atoms with van der Waals surface area (Å²) >= 11 is 0. The van der Waals surface area contributed by atoms with E-state index in [4.69, 9.17) is 10.00 Å². The molecule has 31 heavy (non-hydrogen) atoms.